The van der Waals surface area contributed by atoms with E-state index in [4.69, 9.17) is 13.9 Å². The van der Waals surface area contributed by atoms with E-state index >= 15 is 0 Å². The van der Waals surface area contributed by atoms with Gasteiger partial charge in [-0.2, -0.15) is 0 Å². The Hall–Kier alpha value is -3.06. The molecular formula is C21H22N2O5. The summed E-state index contributed by atoms with van der Waals surface area (Å²) >= 11 is 0. The maximum atomic E-state index is 12.9. The van der Waals surface area contributed by atoms with E-state index in [0.717, 1.165) is 0 Å². The van der Waals surface area contributed by atoms with Crippen LogP contribution in [0.25, 0.3) is 11.0 Å². The molecular weight excluding hydrogens is 360 g/mol. The van der Waals surface area contributed by atoms with Gasteiger partial charge >= 0.3 is 0 Å². The number of aromatic nitrogens is 1. The number of hydrogen-bond donors (Lipinski definition) is 2. The van der Waals surface area contributed by atoms with E-state index in [0.29, 0.717) is 46.8 Å². The van der Waals surface area contributed by atoms with Crippen molar-refractivity contribution in [3.8, 4) is 5.75 Å². The summed E-state index contributed by atoms with van der Waals surface area (Å²) in [7, 11) is 0. The Labute approximate surface area is 161 Å². The summed E-state index contributed by atoms with van der Waals surface area (Å²) in [5.74, 6) is 1.19. The van der Waals surface area contributed by atoms with Crippen LogP contribution in [-0.4, -0.2) is 30.1 Å². The molecule has 0 radical (unpaired) electrons. The summed E-state index contributed by atoms with van der Waals surface area (Å²) in [6.45, 7) is 5.12. The normalized spacial score (nSPS) is 19.1. The summed E-state index contributed by atoms with van der Waals surface area (Å²) in [5.41, 5.74) is 1.45. The number of carbonyl (C=O) groups is 1. The summed E-state index contributed by atoms with van der Waals surface area (Å²) in [4.78, 5) is 27.3. The number of ether oxygens (including phenoxy) is 2. The van der Waals surface area contributed by atoms with Crippen molar-refractivity contribution in [2.75, 3.05) is 13.2 Å². The monoisotopic (exact) mass is 382 g/mol. The van der Waals surface area contributed by atoms with Crippen LogP contribution in [0.1, 0.15) is 28.6 Å². The third-order valence-corrected chi connectivity index (χ3v) is 5.04. The predicted molar refractivity (Wildman–Crippen MR) is 104 cm³/mol. The molecule has 28 heavy (non-hydrogen) atoms. The third kappa shape index (κ3) is 3.53. The number of rotatable bonds is 5. The molecule has 146 valence electrons. The predicted octanol–water partition coefficient (Wildman–Crippen LogP) is 2.77. The van der Waals surface area contributed by atoms with E-state index in [9.17, 15) is 9.59 Å². The zero-order chi connectivity index (χ0) is 19.7. The molecule has 0 unspecified atom stereocenters. The van der Waals surface area contributed by atoms with Crippen LogP contribution in [-0.2, 0) is 11.3 Å². The van der Waals surface area contributed by atoms with Crippen LogP contribution in [0.15, 0.2) is 45.7 Å². The van der Waals surface area contributed by atoms with Crippen molar-refractivity contribution in [3.05, 3.63) is 63.8 Å². The van der Waals surface area contributed by atoms with Crippen LogP contribution in [0, 0.1) is 12.8 Å². The molecule has 0 spiro atoms. The molecule has 7 nitrogen and oxygen atoms in total. The number of aromatic amines is 1. The number of amides is 1. The lowest BCUT2D eigenvalue weighted by Gasteiger charge is -2.15. The van der Waals surface area contributed by atoms with E-state index in [1.165, 1.54) is 0 Å². The zero-order valence-electron chi connectivity index (χ0n) is 15.8. The second-order valence-corrected chi connectivity index (χ2v) is 7.10. The fourth-order valence-electron chi connectivity index (χ4n) is 3.39. The number of hydrogen-bond acceptors (Lipinski definition) is 5. The second-order valence-electron chi connectivity index (χ2n) is 7.10. The molecule has 1 aromatic carbocycles. The minimum absolute atomic E-state index is 0.0129. The van der Waals surface area contributed by atoms with Gasteiger partial charge in [0, 0.05) is 17.5 Å². The first-order valence-electron chi connectivity index (χ1n) is 9.24. The first-order valence-corrected chi connectivity index (χ1v) is 9.24. The van der Waals surface area contributed by atoms with Crippen molar-refractivity contribution in [3.63, 3.8) is 0 Å². The average molecular weight is 382 g/mol. The molecule has 3 aromatic rings. The highest BCUT2D eigenvalue weighted by Crippen LogP contribution is 2.29. The first kappa shape index (κ1) is 18.3. The minimum atomic E-state index is -0.185. The van der Waals surface area contributed by atoms with E-state index in [1.807, 2.05) is 0 Å². The van der Waals surface area contributed by atoms with Crippen LogP contribution < -0.4 is 15.6 Å². The minimum Gasteiger partial charge on any atom is -0.489 e. The Morgan fingerprint density at radius 2 is 2.18 bits per heavy atom. The van der Waals surface area contributed by atoms with Gasteiger partial charge in [-0.25, -0.2) is 0 Å². The molecule has 0 bridgehead atoms. The smallest absolute Gasteiger partial charge is 0.255 e. The molecule has 1 aliphatic rings. The lowest BCUT2D eigenvalue weighted by Crippen LogP contribution is -2.39. The molecule has 7 heteroatoms. The Morgan fingerprint density at radius 1 is 1.32 bits per heavy atom. The van der Waals surface area contributed by atoms with Gasteiger partial charge in [0.05, 0.1) is 30.4 Å². The fraction of sp³-hybridized carbons (Fsp3) is 0.333. The van der Waals surface area contributed by atoms with Crippen molar-refractivity contribution in [2.24, 2.45) is 5.92 Å². The Kier molecular flexibility index (Phi) is 4.92. The van der Waals surface area contributed by atoms with Crippen LogP contribution in [0.2, 0.25) is 0 Å². The van der Waals surface area contributed by atoms with E-state index in [1.54, 1.807) is 43.5 Å². The number of aryl methyl sites for hydroxylation is 1. The Bertz CT molecular complexity index is 1070. The van der Waals surface area contributed by atoms with Gasteiger partial charge in [0.15, 0.2) is 0 Å². The number of nitrogens with one attached hydrogen (secondary N) is 2. The molecule has 2 N–H and O–H groups in total. The van der Waals surface area contributed by atoms with Gasteiger partial charge in [0.25, 0.3) is 11.5 Å². The standard InChI is InChI=1S/C21H22N2O5/c1-12-9-26-11-17(12)23-21(25)19-13(2)28-18-6-5-15(8-16(18)19)27-10-14-4-3-7-22-20(14)24/h3-8,12,17H,9-11H2,1-2H3,(H,22,24)(H,23,25)/t12-,17+/m1/s1. The number of H-pyrrole nitrogens is 1. The second kappa shape index (κ2) is 7.52. The van der Waals surface area contributed by atoms with Crippen LogP contribution in [0.4, 0.5) is 0 Å². The number of fused-ring (bicyclic) bond motifs is 1. The van der Waals surface area contributed by atoms with Crippen molar-refractivity contribution in [2.45, 2.75) is 26.5 Å². The average Bonchev–Trinajstić information content (AvgIpc) is 3.22. The van der Waals surface area contributed by atoms with Crippen LogP contribution in [0.3, 0.4) is 0 Å². The molecule has 1 fully saturated rings. The largest absolute Gasteiger partial charge is 0.489 e. The lowest BCUT2D eigenvalue weighted by atomic mass is 10.0. The summed E-state index contributed by atoms with van der Waals surface area (Å²) < 4.78 is 16.9. The maximum Gasteiger partial charge on any atom is 0.255 e. The summed E-state index contributed by atoms with van der Waals surface area (Å²) in [5, 5.41) is 3.72. The molecule has 0 aliphatic carbocycles. The highest BCUT2D eigenvalue weighted by atomic mass is 16.5. The Balaban J connectivity index is 1.58. The van der Waals surface area contributed by atoms with Gasteiger partial charge in [0.2, 0.25) is 0 Å². The molecule has 1 amide bonds. The first-order chi connectivity index (χ1) is 13.5. The van der Waals surface area contributed by atoms with Gasteiger partial charge in [-0.15, -0.1) is 0 Å². The topological polar surface area (TPSA) is 93.6 Å². The molecule has 4 rings (SSSR count). The highest BCUT2D eigenvalue weighted by Gasteiger charge is 2.28. The third-order valence-electron chi connectivity index (χ3n) is 5.04. The zero-order valence-corrected chi connectivity index (χ0v) is 15.8. The quantitative estimate of drug-likeness (QED) is 0.708. The summed E-state index contributed by atoms with van der Waals surface area (Å²) in [6.07, 6.45) is 1.58. The molecule has 1 saturated heterocycles. The van der Waals surface area contributed by atoms with Gasteiger partial charge in [0.1, 0.15) is 23.7 Å². The number of carbonyl (C=O) groups excluding carboxylic acids is 1. The summed E-state index contributed by atoms with van der Waals surface area (Å²) in [6, 6.07) is 8.75. The fourth-order valence-corrected chi connectivity index (χ4v) is 3.39. The maximum absolute atomic E-state index is 12.9. The van der Waals surface area contributed by atoms with E-state index in [2.05, 4.69) is 17.2 Å². The molecule has 3 heterocycles. The van der Waals surface area contributed by atoms with Crippen LogP contribution in [0.5, 0.6) is 5.75 Å². The van der Waals surface area contributed by atoms with Gasteiger partial charge < -0.3 is 24.2 Å². The van der Waals surface area contributed by atoms with E-state index in [-0.39, 0.29) is 30.0 Å². The van der Waals surface area contributed by atoms with Crippen molar-refractivity contribution >= 4 is 16.9 Å². The van der Waals surface area contributed by atoms with Gasteiger partial charge in [-0.05, 0) is 37.3 Å². The van der Waals surface area contributed by atoms with Crippen molar-refractivity contribution < 1.29 is 18.7 Å². The number of pyridine rings is 1. The molecule has 1 aliphatic heterocycles. The lowest BCUT2D eigenvalue weighted by molar-refractivity contribution is 0.0926. The van der Waals surface area contributed by atoms with Crippen molar-refractivity contribution in [1.82, 2.24) is 10.3 Å². The van der Waals surface area contributed by atoms with Crippen molar-refractivity contribution in [1.29, 1.82) is 0 Å². The SMILES string of the molecule is Cc1oc2ccc(OCc3ccc[nH]c3=O)cc2c1C(=O)N[C@H]1COC[C@H]1C. The number of furan rings is 1. The van der Waals surface area contributed by atoms with Gasteiger partial charge in [-0.1, -0.05) is 6.92 Å². The molecule has 0 saturated carbocycles. The highest BCUT2D eigenvalue weighted by molar-refractivity contribution is 6.07. The number of benzene rings is 1. The molecule has 2 aromatic heterocycles. The van der Waals surface area contributed by atoms with E-state index < -0.39 is 0 Å². The van der Waals surface area contributed by atoms with Gasteiger partial charge in [-0.3, -0.25) is 9.59 Å². The molecule has 2 atom stereocenters. The van der Waals surface area contributed by atoms with Crippen LogP contribution >= 0.6 is 0 Å². The Morgan fingerprint density at radius 3 is 2.93 bits per heavy atom.